The van der Waals surface area contributed by atoms with Crippen molar-refractivity contribution in [3.05, 3.63) is 83.5 Å². The Balaban J connectivity index is 2.39. The predicted octanol–water partition coefficient (Wildman–Crippen LogP) is 14.6. The number of carbonyl (C=O) groups excluding carboxylic acids is 3. The van der Waals surface area contributed by atoms with E-state index >= 15 is 0 Å². The quantitative estimate of drug-likeness (QED) is 0.0307. The molecule has 0 spiro atoms. The lowest BCUT2D eigenvalue weighted by molar-refractivity contribution is 0.00694. The van der Waals surface area contributed by atoms with Crippen LogP contribution in [0.4, 0.5) is 0 Å². The zero-order valence-electron chi connectivity index (χ0n) is 35.7. The van der Waals surface area contributed by atoms with Crippen LogP contribution in [0.3, 0.4) is 0 Å². The largest absolute Gasteiger partial charge is 0.462 e. The van der Waals surface area contributed by atoms with Crippen molar-refractivity contribution in [2.75, 3.05) is 13.2 Å². The number of carbonyl (C=O) groups is 3. The average Bonchev–Trinajstić information content (AvgIpc) is 3.16. The highest BCUT2D eigenvalue weighted by molar-refractivity contribution is 6.00. The molecule has 1 rings (SSSR count). The van der Waals surface area contributed by atoms with Gasteiger partial charge in [0.2, 0.25) is 0 Å². The van der Waals surface area contributed by atoms with Gasteiger partial charge in [-0.1, -0.05) is 140 Å². The first kappa shape index (κ1) is 49.6. The Morgan fingerprint density at radius 2 is 0.745 bits per heavy atom. The fourth-order valence-electron chi connectivity index (χ4n) is 6.00. The van der Waals surface area contributed by atoms with Gasteiger partial charge in [-0.2, -0.15) is 0 Å². The van der Waals surface area contributed by atoms with E-state index in [2.05, 4.69) is 62.5 Å². The number of esters is 3. The van der Waals surface area contributed by atoms with Crippen molar-refractivity contribution < 1.29 is 28.6 Å². The van der Waals surface area contributed by atoms with Gasteiger partial charge in [-0.05, 0) is 116 Å². The van der Waals surface area contributed by atoms with Crippen LogP contribution >= 0.6 is 0 Å². The van der Waals surface area contributed by atoms with E-state index in [9.17, 15) is 14.4 Å². The van der Waals surface area contributed by atoms with Gasteiger partial charge in [0.15, 0.2) is 0 Å². The molecule has 0 aliphatic rings. The molecule has 0 aliphatic carbocycles. The van der Waals surface area contributed by atoms with Crippen LogP contribution in [-0.2, 0) is 14.2 Å². The number of hydrogen-bond donors (Lipinski definition) is 0. The monoisotopic (exact) mass is 763 g/mol. The van der Waals surface area contributed by atoms with Crippen molar-refractivity contribution in [1.29, 1.82) is 0 Å². The first-order chi connectivity index (χ1) is 26.7. The molecule has 0 unspecified atom stereocenters. The predicted molar refractivity (Wildman–Crippen MR) is 231 cm³/mol. The summed E-state index contributed by atoms with van der Waals surface area (Å²) >= 11 is 0. The molecule has 0 radical (unpaired) electrons. The third kappa shape index (κ3) is 29.5. The molecule has 6 nitrogen and oxygen atoms in total. The zero-order chi connectivity index (χ0) is 40.2. The second-order valence-electron chi connectivity index (χ2n) is 15.7. The highest BCUT2D eigenvalue weighted by atomic mass is 16.6. The van der Waals surface area contributed by atoms with Gasteiger partial charge in [0.25, 0.3) is 0 Å². The molecule has 0 fully saturated rings. The highest BCUT2D eigenvalue weighted by Gasteiger charge is 2.22. The molecule has 0 N–H and O–H groups in total. The number of hydrogen-bond acceptors (Lipinski definition) is 6. The molecular weight excluding hydrogens is 685 g/mol. The summed E-state index contributed by atoms with van der Waals surface area (Å²) in [6.07, 6.45) is 45.5. The summed E-state index contributed by atoms with van der Waals surface area (Å²) in [6.45, 7) is 10.4. The van der Waals surface area contributed by atoms with Crippen LogP contribution in [0.5, 0.6) is 0 Å². The minimum absolute atomic E-state index is 0.124. The molecule has 0 amide bonds. The zero-order valence-corrected chi connectivity index (χ0v) is 35.7. The third-order valence-corrected chi connectivity index (χ3v) is 9.20. The van der Waals surface area contributed by atoms with Gasteiger partial charge in [0.05, 0.1) is 29.9 Å². The first-order valence-electron chi connectivity index (χ1n) is 22.0. The van der Waals surface area contributed by atoms with Gasteiger partial charge in [0.1, 0.15) is 5.60 Å². The Labute approximate surface area is 336 Å². The topological polar surface area (TPSA) is 78.9 Å². The van der Waals surface area contributed by atoms with Crippen LogP contribution in [0.2, 0.25) is 0 Å². The number of rotatable bonds is 33. The molecule has 0 saturated heterocycles. The minimum atomic E-state index is -0.725. The van der Waals surface area contributed by atoms with E-state index in [1.54, 1.807) is 20.8 Å². The standard InChI is InChI=1S/C49H78O6/c1-6-8-10-12-14-16-18-20-22-24-26-28-30-32-34-36-38-53-46(50)43-40-44(42-45(41-43)48(52)55-49(3,4)5)47(51)54-39-37-35-33-31-29-27-25-23-21-19-17-15-13-11-9-7-2/h14-17,20-23,40-42H,6-13,18-19,24-39H2,1-5H3/b16-14-,17-15-,22-20-,23-21-. The third-order valence-electron chi connectivity index (χ3n) is 9.20. The molecule has 55 heavy (non-hydrogen) atoms. The van der Waals surface area contributed by atoms with E-state index in [1.807, 2.05) is 0 Å². The molecule has 310 valence electrons. The Bertz CT molecular complexity index is 1180. The average molecular weight is 763 g/mol. The maximum Gasteiger partial charge on any atom is 0.338 e. The van der Waals surface area contributed by atoms with Crippen LogP contribution < -0.4 is 0 Å². The summed E-state index contributed by atoms with van der Waals surface area (Å²) in [7, 11) is 0. The van der Waals surface area contributed by atoms with Gasteiger partial charge >= 0.3 is 17.9 Å². The van der Waals surface area contributed by atoms with Crippen molar-refractivity contribution in [3.8, 4) is 0 Å². The summed E-state index contributed by atoms with van der Waals surface area (Å²) in [5.41, 5.74) is -0.316. The summed E-state index contributed by atoms with van der Waals surface area (Å²) < 4.78 is 16.6. The van der Waals surface area contributed by atoms with Crippen LogP contribution in [0, 0.1) is 0 Å². The molecule has 0 aromatic heterocycles. The fourth-order valence-corrected chi connectivity index (χ4v) is 6.00. The number of benzene rings is 1. The molecule has 0 heterocycles. The lowest BCUT2D eigenvalue weighted by Gasteiger charge is -2.20. The van der Waals surface area contributed by atoms with Crippen molar-refractivity contribution in [2.24, 2.45) is 0 Å². The van der Waals surface area contributed by atoms with Crippen molar-refractivity contribution in [2.45, 2.75) is 194 Å². The van der Waals surface area contributed by atoms with E-state index in [1.165, 1.54) is 95.2 Å². The molecule has 1 aromatic carbocycles. The summed E-state index contributed by atoms with van der Waals surface area (Å²) in [5.74, 6) is -1.73. The molecule has 0 atom stereocenters. The summed E-state index contributed by atoms with van der Waals surface area (Å²) in [6, 6.07) is 4.33. The molecule has 0 aliphatic heterocycles. The van der Waals surface area contributed by atoms with Gasteiger partial charge in [-0.25, -0.2) is 14.4 Å². The van der Waals surface area contributed by atoms with Crippen LogP contribution in [-0.4, -0.2) is 36.7 Å². The van der Waals surface area contributed by atoms with E-state index in [0.29, 0.717) is 0 Å². The normalized spacial score (nSPS) is 12.1. The van der Waals surface area contributed by atoms with Crippen molar-refractivity contribution in [1.82, 2.24) is 0 Å². The molecule has 6 heteroatoms. The van der Waals surface area contributed by atoms with E-state index in [4.69, 9.17) is 14.2 Å². The first-order valence-corrected chi connectivity index (χ1v) is 22.0. The van der Waals surface area contributed by atoms with Gasteiger partial charge in [-0.3, -0.25) is 0 Å². The Morgan fingerprint density at radius 1 is 0.436 bits per heavy atom. The van der Waals surface area contributed by atoms with Gasteiger partial charge in [-0.15, -0.1) is 0 Å². The van der Waals surface area contributed by atoms with Crippen LogP contribution in [0.1, 0.15) is 220 Å². The minimum Gasteiger partial charge on any atom is -0.462 e. The maximum absolute atomic E-state index is 13.0. The second-order valence-corrected chi connectivity index (χ2v) is 15.7. The smallest absolute Gasteiger partial charge is 0.338 e. The van der Waals surface area contributed by atoms with E-state index in [-0.39, 0.29) is 29.9 Å². The fraction of sp³-hybridized carbons (Fsp3) is 0.653. The number of ether oxygens (including phenoxy) is 3. The highest BCUT2D eigenvalue weighted by Crippen LogP contribution is 2.19. The number of allylic oxidation sites excluding steroid dienone is 8. The maximum atomic E-state index is 13.0. The summed E-state index contributed by atoms with van der Waals surface area (Å²) in [5, 5.41) is 0. The van der Waals surface area contributed by atoms with Crippen LogP contribution in [0.15, 0.2) is 66.8 Å². The second kappa shape index (κ2) is 33.9. The SMILES string of the molecule is CCCCC/C=C\C/C=C\CCCCCCCCOC(=O)c1cc(C(=O)OCCCCCCCC/C=C\C/C=C\CCCCC)cc(C(=O)OC(C)(C)C)c1. The van der Waals surface area contributed by atoms with Gasteiger partial charge in [0, 0.05) is 0 Å². The molecule has 0 saturated carbocycles. The lowest BCUT2D eigenvalue weighted by Crippen LogP contribution is -2.24. The van der Waals surface area contributed by atoms with Crippen LogP contribution in [0.25, 0.3) is 0 Å². The molecule has 0 bridgehead atoms. The molecular formula is C49H78O6. The summed E-state index contributed by atoms with van der Waals surface area (Å²) in [4.78, 5) is 39.0. The van der Waals surface area contributed by atoms with E-state index < -0.39 is 23.5 Å². The Kier molecular flexibility index (Phi) is 30.6. The van der Waals surface area contributed by atoms with E-state index in [0.717, 1.165) is 77.0 Å². The lowest BCUT2D eigenvalue weighted by atomic mass is 10.0. The van der Waals surface area contributed by atoms with Crippen molar-refractivity contribution in [3.63, 3.8) is 0 Å². The van der Waals surface area contributed by atoms with Crippen molar-refractivity contribution >= 4 is 17.9 Å². The number of unbranched alkanes of at least 4 members (excludes halogenated alkanes) is 18. The van der Waals surface area contributed by atoms with Gasteiger partial charge < -0.3 is 14.2 Å². The Hall–Kier alpha value is -3.41. The Morgan fingerprint density at radius 3 is 1.09 bits per heavy atom. The molecule has 1 aromatic rings.